The molecule has 7 heteroatoms. The average molecular weight is 413 g/mol. The van der Waals surface area contributed by atoms with E-state index in [-0.39, 0.29) is 6.42 Å². The van der Waals surface area contributed by atoms with Crippen molar-refractivity contribution in [1.29, 1.82) is 0 Å². The van der Waals surface area contributed by atoms with Gasteiger partial charge in [-0.05, 0) is 42.3 Å². The fraction of sp³-hybridized carbons (Fsp3) is 0.348. The molecule has 160 valence electrons. The third kappa shape index (κ3) is 4.30. The first-order valence-electron chi connectivity index (χ1n) is 9.81. The fourth-order valence-corrected chi connectivity index (χ4v) is 3.46. The van der Waals surface area contributed by atoms with Crippen molar-refractivity contribution in [2.24, 2.45) is 0 Å². The fourth-order valence-electron chi connectivity index (χ4n) is 3.46. The van der Waals surface area contributed by atoms with Crippen LogP contribution >= 0.6 is 0 Å². The molecule has 0 saturated heterocycles. The third-order valence-electron chi connectivity index (χ3n) is 4.93. The molecule has 0 fully saturated rings. The first kappa shape index (κ1) is 21.4. The summed E-state index contributed by atoms with van der Waals surface area (Å²) in [5.41, 5.74) is 2.94. The van der Waals surface area contributed by atoms with Gasteiger partial charge in [0.05, 0.1) is 40.1 Å². The summed E-state index contributed by atoms with van der Waals surface area (Å²) in [6.07, 6.45) is 1.87. The van der Waals surface area contributed by atoms with Crippen LogP contribution in [0.5, 0.6) is 23.0 Å². The summed E-state index contributed by atoms with van der Waals surface area (Å²) >= 11 is 0. The van der Waals surface area contributed by atoms with Gasteiger partial charge in [-0.3, -0.25) is 4.79 Å². The van der Waals surface area contributed by atoms with Crippen LogP contribution in [-0.4, -0.2) is 44.0 Å². The van der Waals surface area contributed by atoms with Gasteiger partial charge in [-0.2, -0.15) is 0 Å². The van der Waals surface area contributed by atoms with Crippen LogP contribution in [0.25, 0.3) is 22.2 Å². The number of hydrogen-bond donors (Lipinski definition) is 2. The zero-order valence-corrected chi connectivity index (χ0v) is 17.7. The number of benzene rings is 2. The van der Waals surface area contributed by atoms with Crippen LogP contribution in [0, 0.1) is 0 Å². The van der Waals surface area contributed by atoms with E-state index < -0.39 is 5.97 Å². The van der Waals surface area contributed by atoms with Crippen molar-refractivity contribution in [1.82, 2.24) is 4.98 Å². The molecule has 1 heterocycles. The van der Waals surface area contributed by atoms with Gasteiger partial charge in [0.25, 0.3) is 0 Å². The molecule has 0 spiro atoms. The van der Waals surface area contributed by atoms with E-state index in [1.807, 2.05) is 18.2 Å². The number of aliphatic carboxylic acids is 1. The lowest BCUT2D eigenvalue weighted by molar-refractivity contribution is -0.136. The van der Waals surface area contributed by atoms with Gasteiger partial charge in [-0.25, -0.2) is 0 Å². The highest BCUT2D eigenvalue weighted by Gasteiger charge is 2.20. The number of nitrogens with one attached hydrogen (secondary N) is 1. The summed E-state index contributed by atoms with van der Waals surface area (Å²) < 4.78 is 22.1. The van der Waals surface area contributed by atoms with Crippen LogP contribution < -0.4 is 18.9 Å². The number of carbonyl (C=O) groups is 1. The van der Waals surface area contributed by atoms with E-state index in [4.69, 9.17) is 18.9 Å². The Bertz CT molecular complexity index is 1010. The van der Waals surface area contributed by atoms with Gasteiger partial charge in [0, 0.05) is 16.5 Å². The van der Waals surface area contributed by atoms with Crippen molar-refractivity contribution in [3.63, 3.8) is 0 Å². The van der Waals surface area contributed by atoms with Crippen molar-refractivity contribution in [2.45, 2.75) is 26.2 Å². The molecule has 1 aromatic heterocycles. The Hall–Kier alpha value is -3.35. The van der Waals surface area contributed by atoms with Crippen molar-refractivity contribution in [2.75, 3.05) is 27.9 Å². The summed E-state index contributed by atoms with van der Waals surface area (Å²) in [5, 5.41) is 10.3. The molecule has 2 aromatic carbocycles. The number of hydrogen-bond acceptors (Lipinski definition) is 5. The van der Waals surface area contributed by atoms with E-state index in [1.54, 1.807) is 33.5 Å². The number of aromatic nitrogens is 1. The number of fused-ring (bicyclic) bond motifs is 1. The normalized spacial score (nSPS) is 10.8. The molecule has 0 amide bonds. The minimum absolute atomic E-state index is 0.135. The molecule has 0 bridgehead atoms. The summed E-state index contributed by atoms with van der Waals surface area (Å²) in [6, 6.07) is 9.29. The number of unbranched alkanes of at least 4 members (excludes halogenated alkanes) is 1. The summed E-state index contributed by atoms with van der Waals surface area (Å²) in [6.45, 7) is 2.73. The standard InChI is InChI=1S/C23H27NO6/c1-5-6-9-30-15-7-8-18-16(12-15)17(13-21(25)26)22(24-18)14-10-19(27-2)23(29-4)20(11-14)28-3/h7-8,10-12,24H,5-6,9,13H2,1-4H3,(H,25,26). The van der Waals surface area contributed by atoms with Gasteiger partial charge in [0.15, 0.2) is 11.5 Å². The van der Waals surface area contributed by atoms with Crippen molar-refractivity contribution < 1.29 is 28.8 Å². The van der Waals surface area contributed by atoms with Crippen molar-refractivity contribution >= 4 is 16.9 Å². The zero-order chi connectivity index (χ0) is 21.7. The number of ether oxygens (including phenoxy) is 4. The highest BCUT2D eigenvalue weighted by molar-refractivity contribution is 5.95. The molecule has 0 saturated carbocycles. The maximum absolute atomic E-state index is 11.6. The van der Waals surface area contributed by atoms with Crippen LogP contribution in [-0.2, 0) is 11.2 Å². The second-order valence-electron chi connectivity index (χ2n) is 6.87. The molecule has 0 atom stereocenters. The average Bonchev–Trinajstić information content (AvgIpc) is 3.10. The predicted molar refractivity (Wildman–Crippen MR) is 115 cm³/mol. The molecule has 7 nitrogen and oxygen atoms in total. The van der Waals surface area contributed by atoms with Crippen LogP contribution in [0.4, 0.5) is 0 Å². The Balaban J connectivity index is 2.16. The number of carboxylic acids is 1. The SMILES string of the molecule is CCCCOc1ccc2[nH]c(-c3cc(OC)c(OC)c(OC)c3)c(CC(=O)O)c2c1. The minimum Gasteiger partial charge on any atom is -0.494 e. The monoisotopic (exact) mass is 413 g/mol. The van der Waals surface area contributed by atoms with Gasteiger partial charge in [0.2, 0.25) is 5.75 Å². The lowest BCUT2D eigenvalue weighted by atomic mass is 10.0. The third-order valence-corrected chi connectivity index (χ3v) is 4.93. The topological polar surface area (TPSA) is 90.0 Å². The maximum atomic E-state index is 11.6. The molecule has 3 aromatic rings. The summed E-state index contributed by atoms with van der Waals surface area (Å²) in [4.78, 5) is 15.0. The molecular weight excluding hydrogens is 386 g/mol. The lowest BCUT2D eigenvalue weighted by Crippen LogP contribution is -2.02. The van der Waals surface area contributed by atoms with Gasteiger partial charge < -0.3 is 29.0 Å². The quantitative estimate of drug-likeness (QED) is 0.470. The molecule has 0 unspecified atom stereocenters. The Morgan fingerprint density at radius 3 is 2.30 bits per heavy atom. The van der Waals surface area contributed by atoms with E-state index in [9.17, 15) is 9.90 Å². The first-order valence-corrected chi connectivity index (χ1v) is 9.81. The highest BCUT2D eigenvalue weighted by Crippen LogP contribution is 2.43. The Morgan fingerprint density at radius 1 is 1.03 bits per heavy atom. The largest absolute Gasteiger partial charge is 0.494 e. The predicted octanol–water partition coefficient (Wildman–Crippen LogP) is 4.67. The summed E-state index contributed by atoms with van der Waals surface area (Å²) in [5.74, 6) is 1.27. The van der Waals surface area contributed by atoms with Gasteiger partial charge in [-0.15, -0.1) is 0 Å². The molecule has 3 rings (SSSR count). The molecule has 2 N–H and O–H groups in total. The molecule has 0 radical (unpaired) electrons. The molecule has 0 aliphatic heterocycles. The number of H-pyrrole nitrogens is 1. The van der Waals surface area contributed by atoms with E-state index in [0.717, 1.165) is 35.1 Å². The number of methoxy groups -OCH3 is 3. The van der Waals surface area contributed by atoms with E-state index in [0.29, 0.717) is 35.1 Å². The van der Waals surface area contributed by atoms with Crippen LogP contribution in [0.15, 0.2) is 30.3 Å². The molecule has 0 aliphatic carbocycles. The Morgan fingerprint density at radius 2 is 1.73 bits per heavy atom. The zero-order valence-electron chi connectivity index (χ0n) is 17.7. The van der Waals surface area contributed by atoms with Crippen molar-refractivity contribution in [3.8, 4) is 34.3 Å². The van der Waals surface area contributed by atoms with Crippen LogP contribution in [0.3, 0.4) is 0 Å². The Labute approximate surface area is 175 Å². The number of aromatic amines is 1. The minimum atomic E-state index is -0.915. The highest BCUT2D eigenvalue weighted by atomic mass is 16.5. The van der Waals surface area contributed by atoms with E-state index in [1.165, 1.54) is 0 Å². The smallest absolute Gasteiger partial charge is 0.307 e. The molecular formula is C23H27NO6. The second kappa shape index (κ2) is 9.43. The second-order valence-corrected chi connectivity index (χ2v) is 6.87. The number of carboxylic acid groups (broad SMARTS) is 1. The van der Waals surface area contributed by atoms with E-state index in [2.05, 4.69) is 11.9 Å². The van der Waals surface area contributed by atoms with E-state index >= 15 is 0 Å². The first-order chi connectivity index (χ1) is 14.5. The van der Waals surface area contributed by atoms with Crippen LogP contribution in [0.2, 0.25) is 0 Å². The number of rotatable bonds is 10. The lowest BCUT2D eigenvalue weighted by Gasteiger charge is -2.14. The van der Waals surface area contributed by atoms with Gasteiger partial charge in [0.1, 0.15) is 5.75 Å². The Kier molecular flexibility index (Phi) is 6.72. The molecule has 30 heavy (non-hydrogen) atoms. The van der Waals surface area contributed by atoms with Gasteiger partial charge >= 0.3 is 5.97 Å². The summed E-state index contributed by atoms with van der Waals surface area (Å²) in [7, 11) is 4.63. The van der Waals surface area contributed by atoms with Crippen molar-refractivity contribution in [3.05, 3.63) is 35.9 Å². The maximum Gasteiger partial charge on any atom is 0.307 e. The van der Waals surface area contributed by atoms with Crippen LogP contribution in [0.1, 0.15) is 25.3 Å². The van der Waals surface area contributed by atoms with Gasteiger partial charge in [-0.1, -0.05) is 13.3 Å². The molecule has 0 aliphatic rings.